The molecule has 1 amide bonds. The summed E-state index contributed by atoms with van der Waals surface area (Å²) in [5, 5.41) is 8.90. The van der Waals surface area contributed by atoms with Crippen molar-refractivity contribution in [2.45, 2.75) is 71.1 Å². The second-order valence-corrected chi connectivity index (χ2v) is 8.91. The Morgan fingerprint density at radius 3 is 2.67 bits per heavy atom. The minimum Gasteiger partial charge on any atom is -0.378 e. The van der Waals surface area contributed by atoms with Crippen LogP contribution in [0.3, 0.4) is 0 Å². The second-order valence-electron chi connectivity index (χ2n) is 8.91. The third-order valence-corrected chi connectivity index (χ3v) is 6.32. The van der Waals surface area contributed by atoms with Crippen LogP contribution in [-0.4, -0.2) is 58.5 Å². The Balaban J connectivity index is 1.49. The Kier molecular flexibility index (Phi) is 6.54. The highest BCUT2D eigenvalue weighted by Gasteiger charge is 2.39. The van der Waals surface area contributed by atoms with Gasteiger partial charge in [-0.2, -0.15) is 5.10 Å². The lowest BCUT2D eigenvalue weighted by atomic mass is 9.89. The van der Waals surface area contributed by atoms with Crippen LogP contribution in [0.1, 0.15) is 56.9 Å². The van der Waals surface area contributed by atoms with E-state index in [1.54, 1.807) is 0 Å². The van der Waals surface area contributed by atoms with Crippen LogP contribution in [0.4, 0.5) is 0 Å². The molecule has 1 aromatic heterocycles. The van der Waals surface area contributed by atoms with Crippen LogP contribution in [0.2, 0.25) is 0 Å². The van der Waals surface area contributed by atoms with E-state index < -0.39 is 0 Å². The Hall–Kier alpha value is -2.18. The van der Waals surface area contributed by atoms with Crippen LogP contribution in [0.5, 0.6) is 0 Å². The summed E-state index contributed by atoms with van der Waals surface area (Å²) in [6.07, 6.45) is 6.46. The van der Waals surface area contributed by atoms with Crippen molar-refractivity contribution in [1.29, 1.82) is 0 Å². The van der Waals surface area contributed by atoms with Crippen molar-refractivity contribution >= 4 is 16.8 Å². The van der Waals surface area contributed by atoms with Gasteiger partial charge in [-0.3, -0.25) is 14.4 Å². The Morgan fingerprint density at radius 1 is 1.23 bits per heavy atom. The summed E-state index contributed by atoms with van der Waals surface area (Å²) in [5.41, 5.74) is 2.77. The number of amides is 1. The predicted molar refractivity (Wildman–Crippen MR) is 120 cm³/mol. The van der Waals surface area contributed by atoms with Gasteiger partial charge in [0.25, 0.3) is 5.91 Å². The summed E-state index contributed by atoms with van der Waals surface area (Å²) < 4.78 is 7.74. The van der Waals surface area contributed by atoms with Crippen LogP contribution < -0.4 is 5.32 Å². The molecule has 2 aromatic rings. The molecule has 2 aliphatic heterocycles. The van der Waals surface area contributed by atoms with Gasteiger partial charge in [-0.1, -0.05) is 43.2 Å². The van der Waals surface area contributed by atoms with Crippen molar-refractivity contribution in [2.24, 2.45) is 0 Å². The average molecular weight is 411 g/mol. The highest BCUT2D eigenvalue weighted by Crippen LogP contribution is 2.28. The van der Waals surface area contributed by atoms with Gasteiger partial charge in [0.15, 0.2) is 5.69 Å². The maximum Gasteiger partial charge on any atom is 0.272 e. The summed E-state index contributed by atoms with van der Waals surface area (Å²) in [6.45, 7) is 9.74. The first-order valence-electron chi connectivity index (χ1n) is 11.3. The van der Waals surface area contributed by atoms with Gasteiger partial charge in [0.05, 0.1) is 25.3 Å². The third-order valence-electron chi connectivity index (χ3n) is 6.32. The number of aromatic nitrogens is 2. The summed E-state index contributed by atoms with van der Waals surface area (Å²) in [7, 11) is 0. The van der Waals surface area contributed by atoms with Crippen molar-refractivity contribution in [2.75, 3.05) is 19.8 Å². The number of allylic oxidation sites excluding steroid dienone is 2. The van der Waals surface area contributed by atoms with E-state index in [1.807, 2.05) is 28.9 Å². The van der Waals surface area contributed by atoms with E-state index in [2.05, 4.69) is 42.2 Å². The number of hydrogen-bond donors (Lipinski definition) is 1. The Bertz CT molecular complexity index is 901. The molecule has 2 fully saturated rings. The van der Waals surface area contributed by atoms with E-state index in [-0.39, 0.29) is 11.9 Å². The molecule has 2 atom stereocenters. The number of ether oxygens (including phenoxy) is 1. The average Bonchev–Trinajstić information content (AvgIpc) is 3.09. The number of para-hydroxylation sites is 1. The largest absolute Gasteiger partial charge is 0.378 e. The lowest BCUT2D eigenvalue weighted by Gasteiger charge is -2.48. The predicted octanol–water partition coefficient (Wildman–Crippen LogP) is 3.76. The molecule has 2 aliphatic rings. The summed E-state index contributed by atoms with van der Waals surface area (Å²) in [5.74, 6) is -0.0619. The Morgan fingerprint density at radius 2 is 1.97 bits per heavy atom. The molecule has 30 heavy (non-hydrogen) atoms. The van der Waals surface area contributed by atoms with Gasteiger partial charge < -0.3 is 10.1 Å². The molecule has 162 valence electrons. The van der Waals surface area contributed by atoms with Crippen molar-refractivity contribution < 1.29 is 9.53 Å². The molecule has 6 heteroatoms. The van der Waals surface area contributed by atoms with E-state index >= 15 is 0 Å². The molecule has 0 saturated carbocycles. The molecule has 2 saturated heterocycles. The molecule has 3 heterocycles. The van der Waals surface area contributed by atoms with Gasteiger partial charge in [0.1, 0.15) is 0 Å². The fraction of sp³-hybridized carbons (Fsp3) is 0.583. The quantitative estimate of drug-likeness (QED) is 0.706. The van der Waals surface area contributed by atoms with Gasteiger partial charge in [-0.05, 0) is 45.7 Å². The maximum absolute atomic E-state index is 13.2. The van der Waals surface area contributed by atoms with Crippen molar-refractivity contribution in [3.05, 3.63) is 41.6 Å². The summed E-state index contributed by atoms with van der Waals surface area (Å²) >= 11 is 0. The molecule has 0 spiro atoms. The van der Waals surface area contributed by atoms with Crippen LogP contribution in [0.15, 0.2) is 35.9 Å². The van der Waals surface area contributed by atoms with Crippen molar-refractivity contribution in [3.8, 4) is 0 Å². The highest BCUT2D eigenvalue weighted by atomic mass is 16.5. The lowest BCUT2D eigenvalue weighted by Crippen LogP contribution is -2.60. The lowest BCUT2D eigenvalue weighted by molar-refractivity contribution is -0.0802. The molecule has 0 aliphatic carbocycles. The molecule has 2 bridgehead atoms. The van der Waals surface area contributed by atoms with Crippen LogP contribution in [0, 0.1) is 0 Å². The van der Waals surface area contributed by atoms with Crippen LogP contribution >= 0.6 is 0 Å². The number of nitrogens with zero attached hydrogens (tertiary/aromatic N) is 3. The molecule has 4 rings (SSSR count). The number of unbranched alkanes of at least 4 members (excludes halogenated alkanes) is 1. The zero-order valence-electron chi connectivity index (χ0n) is 18.4. The molecular weight excluding hydrogens is 376 g/mol. The zero-order valence-corrected chi connectivity index (χ0v) is 18.4. The van der Waals surface area contributed by atoms with Crippen LogP contribution in [-0.2, 0) is 11.3 Å². The number of rotatable bonds is 7. The number of piperidine rings is 1. The first-order valence-corrected chi connectivity index (χ1v) is 11.3. The molecular formula is C24H34N4O2. The van der Waals surface area contributed by atoms with Gasteiger partial charge in [0, 0.05) is 23.5 Å². The standard InChI is InChI=1S/C24H34N4O2/c1-4-5-11-27-19-13-18(14-20(27)16-30-15-19)25-24(29)23-21-8-6-7-9-22(21)28(26-23)12-10-17(2)3/h6-10,18-20H,4-5,11-16H2,1-3H3,(H,25,29). The molecule has 1 N–H and O–H groups in total. The number of nitrogens with one attached hydrogen (secondary N) is 1. The first-order chi connectivity index (χ1) is 14.6. The number of hydrogen-bond acceptors (Lipinski definition) is 4. The SMILES string of the molecule is CCCCN1C2COCC1CC(NC(=O)c1nn(CC=C(C)C)c3ccccc13)C2. The molecule has 0 radical (unpaired) electrons. The highest BCUT2D eigenvalue weighted by molar-refractivity contribution is 6.05. The minimum atomic E-state index is -0.0619. The number of carbonyl (C=O) groups is 1. The minimum absolute atomic E-state index is 0.0619. The first kappa shape index (κ1) is 21.1. The van der Waals surface area contributed by atoms with E-state index in [9.17, 15) is 4.79 Å². The number of morpholine rings is 1. The normalized spacial score (nSPS) is 24.0. The fourth-order valence-electron chi connectivity index (χ4n) is 4.77. The fourth-order valence-corrected chi connectivity index (χ4v) is 4.77. The number of benzene rings is 1. The molecule has 6 nitrogen and oxygen atoms in total. The Labute approximate surface area is 179 Å². The number of fused-ring (bicyclic) bond motifs is 3. The maximum atomic E-state index is 13.2. The van der Waals surface area contributed by atoms with Gasteiger partial charge >= 0.3 is 0 Å². The van der Waals surface area contributed by atoms with Gasteiger partial charge in [-0.25, -0.2) is 0 Å². The van der Waals surface area contributed by atoms with Gasteiger partial charge in [-0.15, -0.1) is 0 Å². The smallest absolute Gasteiger partial charge is 0.272 e. The molecule has 2 unspecified atom stereocenters. The summed E-state index contributed by atoms with van der Waals surface area (Å²) in [4.78, 5) is 15.8. The van der Waals surface area contributed by atoms with E-state index in [0.29, 0.717) is 24.3 Å². The molecule has 1 aromatic carbocycles. The number of carbonyl (C=O) groups excluding carboxylic acids is 1. The summed E-state index contributed by atoms with van der Waals surface area (Å²) in [6, 6.07) is 8.98. The third kappa shape index (κ3) is 4.44. The monoisotopic (exact) mass is 410 g/mol. The van der Waals surface area contributed by atoms with E-state index in [0.717, 1.165) is 43.5 Å². The topological polar surface area (TPSA) is 59.4 Å². The van der Waals surface area contributed by atoms with E-state index in [1.165, 1.54) is 18.4 Å². The van der Waals surface area contributed by atoms with Gasteiger partial charge in [0.2, 0.25) is 0 Å². The zero-order chi connectivity index (χ0) is 21.1. The van der Waals surface area contributed by atoms with E-state index in [4.69, 9.17) is 4.74 Å². The van der Waals surface area contributed by atoms with Crippen molar-refractivity contribution in [3.63, 3.8) is 0 Å². The van der Waals surface area contributed by atoms with Crippen molar-refractivity contribution in [1.82, 2.24) is 20.0 Å². The van der Waals surface area contributed by atoms with Crippen LogP contribution in [0.25, 0.3) is 10.9 Å². The second kappa shape index (κ2) is 9.31.